The van der Waals surface area contributed by atoms with Crippen LogP contribution in [0.4, 0.5) is 10.1 Å². The second kappa shape index (κ2) is 18.7. The van der Waals surface area contributed by atoms with Crippen molar-refractivity contribution in [2.24, 2.45) is 23.5 Å². The number of nitrogens with two attached hydrogens (primary N) is 1. The van der Waals surface area contributed by atoms with Crippen molar-refractivity contribution in [3.63, 3.8) is 0 Å². The van der Waals surface area contributed by atoms with Crippen molar-refractivity contribution >= 4 is 11.6 Å². The molecule has 0 fully saturated rings. The van der Waals surface area contributed by atoms with Gasteiger partial charge in [0.2, 0.25) is 5.91 Å². The van der Waals surface area contributed by atoms with Gasteiger partial charge in [-0.3, -0.25) is 4.79 Å². The van der Waals surface area contributed by atoms with Crippen LogP contribution in [0.1, 0.15) is 58.1 Å². The highest BCUT2D eigenvalue weighted by atomic mass is 19.1. The standard InChI is InChI=1S/C33H52FN3O5/c1-7-23(4)30(19-36-27-13-11-26(34)12-14-27)37-33(39)28(22(2)3)18-31(38)29(35)21-41-20-25-10-9-24(5)32(17-25)42-16-8-15-40-6/h9-14,17,22-23,28-31,36,38H,7-8,15-16,18-21,35H2,1-6H3,(H,37,39)/t23-,28-,29-,30+,31-/m0/s1. The van der Waals surface area contributed by atoms with E-state index >= 15 is 0 Å². The lowest BCUT2D eigenvalue weighted by atomic mass is 9.86. The molecule has 2 aromatic rings. The van der Waals surface area contributed by atoms with Crippen LogP contribution < -0.4 is 21.1 Å². The van der Waals surface area contributed by atoms with E-state index in [1.54, 1.807) is 19.2 Å². The second-order valence-corrected chi connectivity index (χ2v) is 11.5. The Hall–Kier alpha value is -2.72. The van der Waals surface area contributed by atoms with Crippen molar-refractivity contribution in [2.45, 2.75) is 78.7 Å². The van der Waals surface area contributed by atoms with Gasteiger partial charge in [-0.25, -0.2) is 4.39 Å². The van der Waals surface area contributed by atoms with Crippen LogP contribution in [-0.2, 0) is 20.9 Å². The van der Waals surface area contributed by atoms with Gasteiger partial charge in [0.15, 0.2) is 0 Å². The van der Waals surface area contributed by atoms with E-state index in [1.165, 1.54) is 12.1 Å². The second-order valence-electron chi connectivity index (χ2n) is 11.5. The average molecular weight is 590 g/mol. The molecule has 0 radical (unpaired) electrons. The number of carbonyl (C=O) groups excluding carboxylic acids is 1. The van der Waals surface area contributed by atoms with Crippen LogP contribution in [0, 0.1) is 30.5 Å². The van der Waals surface area contributed by atoms with Gasteiger partial charge in [0, 0.05) is 44.3 Å². The first-order chi connectivity index (χ1) is 20.0. The Labute approximate surface area is 251 Å². The number of hydrogen-bond acceptors (Lipinski definition) is 7. The Bertz CT molecular complexity index is 1050. The number of hydrogen-bond donors (Lipinski definition) is 4. The molecule has 1 amide bonds. The van der Waals surface area contributed by atoms with Gasteiger partial charge in [0.05, 0.1) is 32.0 Å². The van der Waals surface area contributed by atoms with Crippen LogP contribution in [0.2, 0.25) is 0 Å². The van der Waals surface area contributed by atoms with E-state index in [0.29, 0.717) is 26.4 Å². The molecule has 5 N–H and O–H groups in total. The molecular formula is C33H52FN3O5. The molecule has 2 aromatic carbocycles. The number of rotatable bonds is 20. The van der Waals surface area contributed by atoms with E-state index in [2.05, 4.69) is 24.5 Å². The minimum absolute atomic E-state index is 0.00489. The van der Waals surface area contributed by atoms with Crippen molar-refractivity contribution in [2.75, 3.05) is 38.8 Å². The maximum absolute atomic E-state index is 13.4. The molecular weight excluding hydrogens is 537 g/mol. The van der Waals surface area contributed by atoms with E-state index in [9.17, 15) is 14.3 Å². The number of aliphatic hydroxyl groups excluding tert-OH is 1. The summed E-state index contributed by atoms with van der Waals surface area (Å²) in [5.74, 6) is 0.210. The lowest BCUT2D eigenvalue weighted by molar-refractivity contribution is -0.128. The first-order valence-corrected chi connectivity index (χ1v) is 15.1. The van der Waals surface area contributed by atoms with Crippen molar-refractivity contribution in [1.82, 2.24) is 5.32 Å². The zero-order valence-corrected chi connectivity index (χ0v) is 26.2. The molecule has 0 spiro atoms. The first-order valence-electron chi connectivity index (χ1n) is 15.1. The molecule has 0 aliphatic heterocycles. The van der Waals surface area contributed by atoms with Gasteiger partial charge in [-0.2, -0.15) is 0 Å². The van der Waals surface area contributed by atoms with Crippen LogP contribution in [0.15, 0.2) is 42.5 Å². The number of amides is 1. The van der Waals surface area contributed by atoms with E-state index in [1.807, 2.05) is 39.0 Å². The Balaban J connectivity index is 1.89. The normalized spacial score (nSPS) is 15.1. The number of aryl methyl sites for hydroxylation is 1. The molecule has 2 rings (SSSR count). The molecule has 0 heterocycles. The highest BCUT2D eigenvalue weighted by molar-refractivity contribution is 5.79. The predicted molar refractivity (Wildman–Crippen MR) is 166 cm³/mol. The van der Waals surface area contributed by atoms with Crippen molar-refractivity contribution < 1.29 is 28.5 Å². The van der Waals surface area contributed by atoms with Gasteiger partial charge < -0.3 is 35.7 Å². The summed E-state index contributed by atoms with van der Waals surface area (Å²) in [6, 6.07) is 11.3. The van der Waals surface area contributed by atoms with Gasteiger partial charge in [-0.15, -0.1) is 0 Å². The maximum Gasteiger partial charge on any atom is 0.223 e. The number of carbonyl (C=O) groups is 1. The fourth-order valence-corrected chi connectivity index (χ4v) is 4.58. The number of halogens is 1. The van der Waals surface area contributed by atoms with Gasteiger partial charge in [-0.05, 0) is 66.6 Å². The predicted octanol–water partition coefficient (Wildman–Crippen LogP) is 5.06. The van der Waals surface area contributed by atoms with Gasteiger partial charge in [0.1, 0.15) is 11.6 Å². The number of anilines is 1. The van der Waals surface area contributed by atoms with Gasteiger partial charge in [-0.1, -0.05) is 46.2 Å². The molecule has 0 aliphatic carbocycles. The fourth-order valence-electron chi connectivity index (χ4n) is 4.58. The number of benzene rings is 2. The number of nitrogens with one attached hydrogen (secondary N) is 2. The van der Waals surface area contributed by atoms with E-state index < -0.39 is 18.1 Å². The van der Waals surface area contributed by atoms with E-state index in [-0.39, 0.29) is 42.6 Å². The summed E-state index contributed by atoms with van der Waals surface area (Å²) in [5, 5.41) is 17.4. The zero-order valence-electron chi connectivity index (χ0n) is 26.2. The Kier molecular flexibility index (Phi) is 15.8. The van der Waals surface area contributed by atoms with Crippen LogP contribution in [-0.4, -0.2) is 62.7 Å². The molecule has 0 aliphatic rings. The molecule has 236 valence electrons. The van der Waals surface area contributed by atoms with Crippen LogP contribution >= 0.6 is 0 Å². The highest BCUT2D eigenvalue weighted by Gasteiger charge is 2.30. The third-order valence-electron chi connectivity index (χ3n) is 7.74. The molecule has 0 bridgehead atoms. The Morgan fingerprint density at radius 2 is 1.81 bits per heavy atom. The molecule has 0 saturated carbocycles. The molecule has 0 unspecified atom stereocenters. The SMILES string of the molecule is CC[C@H](C)[C@@H](CNc1ccc(F)cc1)NC(=O)[C@@H](C[C@H](O)[C@@H](N)COCc1ccc(C)c(OCCCOC)c1)C(C)C. The maximum atomic E-state index is 13.4. The lowest BCUT2D eigenvalue weighted by Gasteiger charge is -2.30. The summed E-state index contributed by atoms with van der Waals surface area (Å²) in [6.07, 6.45) is 1.02. The summed E-state index contributed by atoms with van der Waals surface area (Å²) in [4.78, 5) is 13.4. The molecule has 42 heavy (non-hydrogen) atoms. The van der Waals surface area contributed by atoms with E-state index in [0.717, 1.165) is 35.4 Å². The lowest BCUT2D eigenvalue weighted by Crippen LogP contribution is -2.49. The number of aliphatic hydroxyl groups is 1. The fraction of sp³-hybridized carbons (Fsp3) is 0.606. The summed E-state index contributed by atoms with van der Waals surface area (Å²) < 4.78 is 30.0. The van der Waals surface area contributed by atoms with E-state index in [4.69, 9.17) is 19.9 Å². The van der Waals surface area contributed by atoms with Crippen molar-refractivity contribution in [3.8, 4) is 5.75 Å². The smallest absolute Gasteiger partial charge is 0.223 e. The number of ether oxygens (including phenoxy) is 3. The summed E-state index contributed by atoms with van der Waals surface area (Å²) in [7, 11) is 1.67. The topological polar surface area (TPSA) is 115 Å². The summed E-state index contributed by atoms with van der Waals surface area (Å²) in [6.45, 7) is 12.3. The zero-order chi connectivity index (χ0) is 31.1. The van der Waals surface area contributed by atoms with Crippen molar-refractivity contribution in [3.05, 3.63) is 59.4 Å². The van der Waals surface area contributed by atoms with Gasteiger partial charge in [0.25, 0.3) is 0 Å². The monoisotopic (exact) mass is 589 g/mol. The van der Waals surface area contributed by atoms with Crippen LogP contribution in [0.5, 0.6) is 5.75 Å². The Morgan fingerprint density at radius 3 is 2.45 bits per heavy atom. The molecule has 0 aromatic heterocycles. The summed E-state index contributed by atoms with van der Waals surface area (Å²) >= 11 is 0. The third-order valence-corrected chi connectivity index (χ3v) is 7.74. The van der Waals surface area contributed by atoms with Gasteiger partial charge >= 0.3 is 0 Å². The highest BCUT2D eigenvalue weighted by Crippen LogP contribution is 2.22. The Morgan fingerprint density at radius 1 is 1.10 bits per heavy atom. The first kappa shape index (κ1) is 35.5. The molecule has 5 atom stereocenters. The minimum Gasteiger partial charge on any atom is -0.493 e. The van der Waals surface area contributed by atoms with Crippen molar-refractivity contribution in [1.29, 1.82) is 0 Å². The molecule has 8 nitrogen and oxygen atoms in total. The largest absolute Gasteiger partial charge is 0.493 e. The molecule has 9 heteroatoms. The third kappa shape index (κ3) is 12.3. The summed E-state index contributed by atoms with van der Waals surface area (Å²) in [5.41, 5.74) is 9.08. The quantitative estimate of drug-likeness (QED) is 0.160. The van der Waals surface area contributed by atoms with Crippen LogP contribution in [0.25, 0.3) is 0 Å². The minimum atomic E-state index is -0.903. The average Bonchev–Trinajstić information content (AvgIpc) is 2.97. The molecule has 0 saturated heterocycles. The number of methoxy groups -OCH3 is 1. The van der Waals surface area contributed by atoms with Crippen LogP contribution in [0.3, 0.4) is 0 Å².